The van der Waals surface area contributed by atoms with Crippen LogP contribution in [0.15, 0.2) is 0 Å². The lowest BCUT2D eigenvalue weighted by atomic mass is 10.0. The average molecular weight is 364 g/mol. The number of hydrogen-bond acceptors (Lipinski definition) is 5. The normalized spacial score (nSPS) is 15.8. The number of rotatable bonds is 8. The molecule has 0 aromatic carbocycles. The van der Waals surface area contributed by atoms with Crippen LogP contribution in [-0.4, -0.2) is 79.6 Å². The Bertz CT molecular complexity index is 619. The van der Waals surface area contributed by atoms with Crippen LogP contribution in [-0.2, 0) is 16.0 Å². The Kier molecular flexibility index (Phi) is 7.66. The minimum Gasteiger partial charge on any atom is -0.461 e. The van der Waals surface area contributed by atoms with Crippen molar-refractivity contribution < 1.29 is 14.3 Å². The molecule has 1 saturated heterocycles. The summed E-state index contributed by atoms with van der Waals surface area (Å²) in [6, 6.07) is 0. The number of piperazine rings is 1. The average Bonchev–Trinajstić information content (AvgIpc) is 2.89. The van der Waals surface area contributed by atoms with E-state index in [2.05, 4.69) is 27.1 Å². The van der Waals surface area contributed by atoms with E-state index in [1.54, 1.807) is 6.92 Å². The van der Waals surface area contributed by atoms with E-state index in [0.717, 1.165) is 49.5 Å². The fourth-order valence-electron chi connectivity index (χ4n) is 3.32. The molecule has 0 atom stereocenters. The molecule has 1 aromatic rings. The smallest absolute Gasteiger partial charge is 0.355 e. The molecule has 0 radical (unpaired) electrons. The minimum absolute atomic E-state index is 0.0526. The highest BCUT2D eigenvalue weighted by Gasteiger charge is 2.19. The Labute approximate surface area is 156 Å². The Balaban J connectivity index is 1.76. The third kappa shape index (κ3) is 5.57. The molecule has 2 rings (SSSR count). The van der Waals surface area contributed by atoms with E-state index in [0.29, 0.717) is 31.7 Å². The molecule has 0 spiro atoms. The molecule has 2 heterocycles. The minimum atomic E-state index is -0.337. The maximum absolute atomic E-state index is 12.1. The second-order valence-corrected chi connectivity index (χ2v) is 6.94. The molecular formula is C19H32N4O3. The van der Waals surface area contributed by atoms with E-state index in [-0.39, 0.29) is 11.9 Å². The van der Waals surface area contributed by atoms with Crippen molar-refractivity contribution >= 4 is 11.9 Å². The van der Waals surface area contributed by atoms with Gasteiger partial charge < -0.3 is 19.9 Å². The molecule has 2 N–H and O–H groups in total. The van der Waals surface area contributed by atoms with Crippen LogP contribution in [0.25, 0.3) is 0 Å². The maximum atomic E-state index is 12.1. The number of likely N-dealkylation sites (N-methyl/N-ethyl adjacent to an activating group) is 1. The van der Waals surface area contributed by atoms with E-state index in [1.807, 2.05) is 13.8 Å². The molecular weight excluding hydrogens is 332 g/mol. The van der Waals surface area contributed by atoms with Crippen LogP contribution in [0.3, 0.4) is 0 Å². The van der Waals surface area contributed by atoms with Crippen molar-refractivity contribution in [3.05, 3.63) is 22.5 Å². The monoisotopic (exact) mass is 364 g/mol. The van der Waals surface area contributed by atoms with E-state index in [9.17, 15) is 9.59 Å². The predicted molar refractivity (Wildman–Crippen MR) is 101 cm³/mol. The molecule has 7 heteroatoms. The molecule has 0 unspecified atom stereocenters. The molecule has 1 aromatic heterocycles. The van der Waals surface area contributed by atoms with Gasteiger partial charge in [-0.3, -0.25) is 9.69 Å². The van der Waals surface area contributed by atoms with Gasteiger partial charge in [-0.2, -0.15) is 0 Å². The summed E-state index contributed by atoms with van der Waals surface area (Å²) in [5.41, 5.74) is 3.33. The Hall–Kier alpha value is -1.86. The molecule has 26 heavy (non-hydrogen) atoms. The Morgan fingerprint density at radius 3 is 2.54 bits per heavy atom. The second kappa shape index (κ2) is 9.73. The molecule has 7 nitrogen and oxygen atoms in total. The number of amides is 1. The fraction of sp³-hybridized carbons (Fsp3) is 0.684. The molecule has 0 aliphatic carbocycles. The molecule has 146 valence electrons. The third-order valence-electron chi connectivity index (χ3n) is 5.02. The number of carbonyl (C=O) groups excluding carboxylic acids is 2. The van der Waals surface area contributed by atoms with Gasteiger partial charge in [0.15, 0.2) is 0 Å². The first-order valence-electron chi connectivity index (χ1n) is 9.45. The number of ether oxygens (including phenoxy) is 1. The number of esters is 1. The van der Waals surface area contributed by atoms with Gasteiger partial charge in [0.2, 0.25) is 5.91 Å². The summed E-state index contributed by atoms with van der Waals surface area (Å²) in [4.78, 5) is 31.9. The zero-order chi connectivity index (χ0) is 19.1. The van der Waals surface area contributed by atoms with Gasteiger partial charge >= 0.3 is 5.97 Å². The van der Waals surface area contributed by atoms with Crippen molar-refractivity contribution in [1.82, 2.24) is 20.1 Å². The van der Waals surface area contributed by atoms with Gasteiger partial charge in [-0.25, -0.2) is 4.79 Å². The largest absolute Gasteiger partial charge is 0.461 e. The highest BCUT2D eigenvalue weighted by molar-refractivity contribution is 5.90. The number of nitrogens with one attached hydrogen (secondary N) is 2. The van der Waals surface area contributed by atoms with Crippen molar-refractivity contribution in [3.63, 3.8) is 0 Å². The summed E-state index contributed by atoms with van der Waals surface area (Å²) in [5, 5.41) is 3.00. The Morgan fingerprint density at radius 2 is 1.88 bits per heavy atom. The number of aromatic amines is 1. The number of carbonyl (C=O) groups is 2. The van der Waals surface area contributed by atoms with E-state index in [4.69, 9.17) is 4.74 Å². The van der Waals surface area contributed by atoms with Crippen LogP contribution < -0.4 is 5.32 Å². The van der Waals surface area contributed by atoms with Gasteiger partial charge in [-0.1, -0.05) is 0 Å². The lowest BCUT2D eigenvalue weighted by molar-refractivity contribution is -0.121. The fourth-order valence-corrected chi connectivity index (χ4v) is 3.32. The van der Waals surface area contributed by atoms with Crippen molar-refractivity contribution in [2.24, 2.45) is 0 Å². The van der Waals surface area contributed by atoms with Crippen LogP contribution in [0, 0.1) is 13.8 Å². The van der Waals surface area contributed by atoms with Crippen LogP contribution in [0.5, 0.6) is 0 Å². The topological polar surface area (TPSA) is 77.7 Å². The van der Waals surface area contributed by atoms with Crippen molar-refractivity contribution in [3.8, 4) is 0 Å². The number of hydrogen-bond donors (Lipinski definition) is 2. The number of nitrogens with zero attached hydrogens (tertiary/aromatic N) is 2. The van der Waals surface area contributed by atoms with Gasteiger partial charge in [0.05, 0.1) is 6.61 Å². The van der Waals surface area contributed by atoms with E-state index in [1.165, 1.54) is 0 Å². The van der Waals surface area contributed by atoms with Crippen LogP contribution in [0.4, 0.5) is 0 Å². The van der Waals surface area contributed by atoms with Gasteiger partial charge in [0.25, 0.3) is 0 Å². The first-order chi connectivity index (χ1) is 12.4. The molecule has 1 aliphatic heterocycles. The van der Waals surface area contributed by atoms with Gasteiger partial charge in [0.1, 0.15) is 5.69 Å². The quantitative estimate of drug-likeness (QED) is 0.676. The second-order valence-electron chi connectivity index (χ2n) is 6.94. The first-order valence-corrected chi connectivity index (χ1v) is 9.45. The van der Waals surface area contributed by atoms with E-state index < -0.39 is 0 Å². The lowest BCUT2D eigenvalue weighted by Gasteiger charge is -2.32. The third-order valence-corrected chi connectivity index (χ3v) is 5.02. The predicted octanol–water partition coefficient (Wildman–Crippen LogP) is 1.10. The summed E-state index contributed by atoms with van der Waals surface area (Å²) in [6.07, 6.45) is 1.04. The lowest BCUT2D eigenvalue weighted by Crippen LogP contribution is -2.46. The van der Waals surface area contributed by atoms with Crippen LogP contribution in [0.2, 0.25) is 0 Å². The number of H-pyrrole nitrogens is 1. The number of aromatic nitrogens is 1. The highest BCUT2D eigenvalue weighted by Crippen LogP contribution is 2.20. The van der Waals surface area contributed by atoms with Gasteiger partial charge in [-0.15, -0.1) is 0 Å². The van der Waals surface area contributed by atoms with Gasteiger partial charge in [-0.05, 0) is 45.4 Å². The summed E-state index contributed by atoms with van der Waals surface area (Å²) in [6.45, 7) is 11.8. The maximum Gasteiger partial charge on any atom is 0.355 e. The zero-order valence-electron chi connectivity index (χ0n) is 16.5. The summed E-state index contributed by atoms with van der Waals surface area (Å²) in [7, 11) is 2.14. The molecule has 1 amide bonds. The highest BCUT2D eigenvalue weighted by atomic mass is 16.5. The van der Waals surface area contributed by atoms with Crippen molar-refractivity contribution in [2.75, 3.05) is 52.9 Å². The SMILES string of the molecule is CCOC(=O)c1[nH]c(C)c(CCC(=O)NCCN2CCN(C)CC2)c1C. The van der Waals surface area contributed by atoms with Crippen molar-refractivity contribution in [2.45, 2.75) is 33.6 Å². The molecule has 0 bridgehead atoms. The standard InChI is InChI=1S/C19H32N4O3/c1-5-26-19(25)18-14(2)16(15(3)21-18)6-7-17(24)20-8-9-23-12-10-22(4)11-13-23/h21H,5-13H2,1-4H3,(H,20,24). The molecule has 1 fully saturated rings. The molecule has 1 aliphatic rings. The Morgan fingerprint density at radius 1 is 1.19 bits per heavy atom. The van der Waals surface area contributed by atoms with Crippen LogP contribution >= 0.6 is 0 Å². The summed E-state index contributed by atoms with van der Waals surface area (Å²) >= 11 is 0. The van der Waals surface area contributed by atoms with Crippen molar-refractivity contribution in [1.29, 1.82) is 0 Å². The first kappa shape index (κ1) is 20.5. The molecule has 0 saturated carbocycles. The number of aryl methyl sites for hydroxylation is 1. The summed E-state index contributed by atoms with van der Waals surface area (Å²) in [5.74, 6) is -0.284. The van der Waals surface area contributed by atoms with E-state index >= 15 is 0 Å². The van der Waals surface area contributed by atoms with Crippen LogP contribution in [0.1, 0.15) is 40.7 Å². The summed E-state index contributed by atoms with van der Waals surface area (Å²) < 4.78 is 5.06. The van der Waals surface area contributed by atoms with Gasteiger partial charge in [0, 0.05) is 51.4 Å². The zero-order valence-corrected chi connectivity index (χ0v) is 16.5.